The van der Waals surface area contributed by atoms with E-state index in [1.165, 1.54) is 10.4 Å². The lowest BCUT2D eigenvalue weighted by atomic mass is 10.1. The Labute approximate surface area is 127 Å². The summed E-state index contributed by atoms with van der Waals surface area (Å²) >= 11 is 6.96. The van der Waals surface area contributed by atoms with Crippen LogP contribution in [0, 0.1) is 11.3 Å². The third-order valence-electron chi connectivity index (χ3n) is 3.29. The van der Waals surface area contributed by atoms with Gasteiger partial charge in [-0.05, 0) is 49.2 Å². The number of para-hydroxylation sites is 1. The molecule has 1 heterocycles. The first kappa shape index (κ1) is 13.1. The number of hydrogen-bond acceptors (Lipinski definition) is 3. The minimum atomic E-state index is 0.521. The van der Waals surface area contributed by atoms with Crippen LogP contribution in [0.1, 0.15) is 22.4 Å². The van der Waals surface area contributed by atoms with Crippen LogP contribution >= 0.6 is 23.6 Å². The van der Waals surface area contributed by atoms with E-state index in [0.29, 0.717) is 5.11 Å². The van der Waals surface area contributed by atoms with Gasteiger partial charge in [-0.15, -0.1) is 11.3 Å². The molecule has 2 N–H and O–H groups in total. The van der Waals surface area contributed by atoms with Gasteiger partial charge in [-0.2, -0.15) is 5.26 Å². The van der Waals surface area contributed by atoms with E-state index in [1.54, 1.807) is 11.3 Å². The van der Waals surface area contributed by atoms with Gasteiger partial charge < -0.3 is 10.6 Å². The smallest absolute Gasteiger partial charge is 0.175 e. The molecule has 1 aliphatic rings. The van der Waals surface area contributed by atoms with E-state index in [1.807, 2.05) is 30.3 Å². The van der Waals surface area contributed by atoms with Gasteiger partial charge in [-0.1, -0.05) is 18.2 Å². The molecule has 5 heteroatoms. The van der Waals surface area contributed by atoms with Gasteiger partial charge in [0.05, 0.1) is 5.56 Å². The van der Waals surface area contributed by atoms with Crippen LogP contribution in [0.4, 0.5) is 10.7 Å². The van der Waals surface area contributed by atoms with Gasteiger partial charge in [-0.25, -0.2) is 0 Å². The molecule has 0 amide bonds. The summed E-state index contributed by atoms with van der Waals surface area (Å²) < 4.78 is 0. The number of nitriles is 1. The molecule has 0 radical (unpaired) electrons. The molecular formula is C15H13N3S2. The standard InChI is InChI=1S/C15H13N3S2/c16-9-12-11-7-4-8-13(11)20-14(12)18-15(19)17-10-5-2-1-3-6-10/h1-3,5-6H,4,7-8H2,(H2,17,18,19). The Morgan fingerprint density at radius 1 is 1.20 bits per heavy atom. The molecular weight excluding hydrogens is 286 g/mol. The lowest BCUT2D eigenvalue weighted by Crippen LogP contribution is -2.18. The second kappa shape index (κ2) is 5.61. The summed E-state index contributed by atoms with van der Waals surface area (Å²) in [6, 6.07) is 12.1. The fourth-order valence-electron chi connectivity index (χ4n) is 2.40. The quantitative estimate of drug-likeness (QED) is 0.825. The number of thiophene rings is 1. The molecule has 0 unspecified atom stereocenters. The van der Waals surface area contributed by atoms with Crippen LogP contribution < -0.4 is 10.6 Å². The van der Waals surface area contributed by atoms with Gasteiger partial charge in [0.15, 0.2) is 5.11 Å². The summed E-state index contributed by atoms with van der Waals surface area (Å²) in [6.45, 7) is 0. The van der Waals surface area contributed by atoms with Crippen molar-refractivity contribution in [1.82, 2.24) is 0 Å². The molecule has 1 aliphatic carbocycles. The molecule has 3 nitrogen and oxygen atoms in total. The van der Waals surface area contributed by atoms with Gasteiger partial charge >= 0.3 is 0 Å². The van der Waals surface area contributed by atoms with Crippen molar-refractivity contribution in [3.05, 3.63) is 46.3 Å². The number of fused-ring (bicyclic) bond motifs is 1. The van der Waals surface area contributed by atoms with Gasteiger partial charge in [0.2, 0.25) is 0 Å². The minimum absolute atomic E-state index is 0.521. The topological polar surface area (TPSA) is 47.9 Å². The maximum Gasteiger partial charge on any atom is 0.175 e. The number of aryl methyl sites for hydroxylation is 1. The van der Waals surface area contributed by atoms with E-state index in [4.69, 9.17) is 12.2 Å². The molecule has 2 aromatic rings. The minimum Gasteiger partial charge on any atom is -0.332 e. The third kappa shape index (κ3) is 2.53. The highest BCUT2D eigenvalue weighted by molar-refractivity contribution is 7.80. The van der Waals surface area contributed by atoms with Crippen molar-refractivity contribution in [2.75, 3.05) is 10.6 Å². The molecule has 0 aliphatic heterocycles. The molecule has 20 heavy (non-hydrogen) atoms. The summed E-state index contributed by atoms with van der Waals surface area (Å²) in [6.07, 6.45) is 3.24. The summed E-state index contributed by atoms with van der Waals surface area (Å²) in [5.74, 6) is 0. The first-order valence-electron chi connectivity index (χ1n) is 6.45. The highest BCUT2D eigenvalue weighted by atomic mass is 32.1. The molecule has 0 spiro atoms. The number of anilines is 2. The van der Waals surface area contributed by atoms with Crippen molar-refractivity contribution in [3.63, 3.8) is 0 Å². The Hall–Kier alpha value is -1.90. The zero-order chi connectivity index (χ0) is 13.9. The lowest BCUT2D eigenvalue weighted by Gasteiger charge is -2.09. The first-order chi connectivity index (χ1) is 9.78. The molecule has 1 aromatic heterocycles. The maximum absolute atomic E-state index is 9.33. The van der Waals surface area contributed by atoms with Crippen LogP contribution in [-0.2, 0) is 12.8 Å². The zero-order valence-corrected chi connectivity index (χ0v) is 12.4. The summed E-state index contributed by atoms with van der Waals surface area (Å²) in [5.41, 5.74) is 2.91. The van der Waals surface area contributed by atoms with Crippen LogP contribution in [0.5, 0.6) is 0 Å². The molecule has 1 aromatic carbocycles. The number of nitrogens with one attached hydrogen (secondary N) is 2. The Bertz CT molecular complexity index is 683. The zero-order valence-electron chi connectivity index (χ0n) is 10.8. The third-order valence-corrected chi connectivity index (χ3v) is 4.70. The largest absolute Gasteiger partial charge is 0.332 e. The summed E-state index contributed by atoms with van der Waals surface area (Å²) in [4.78, 5) is 1.33. The SMILES string of the molecule is N#Cc1c(NC(=S)Nc2ccccc2)sc2c1CCC2. The first-order valence-corrected chi connectivity index (χ1v) is 7.68. The van der Waals surface area contributed by atoms with Crippen molar-refractivity contribution >= 4 is 39.4 Å². The van der Waals surface area contributed by atoms with Crippen LogP contribution in [0.25, 0.3) is 0 Å². The average Bonchev–Trinajstić information content (AvgIpc) is 3.00. The van der Waals surface area contributed by atoms with Crippen LogP contribution in [0.2, 0.25) is 0 Å². The fraction of sp³-hybridized carbons (Fsp3) is 0.200. The van der Waals surface area contributed by atoms with E-state index in [9.17, 15) is 5.26 Å². The van der Waals surface area contributed by atoms with Gasteiger partial charge in [-0.3, -0.25) is 0 Å². The van der Waals surface area contributed by atoms with E-state index in [0.717, 1.165) is 35.5 Å². The monoisotopic (exact) mass is 299 g/mol. The maximum atomic E-state index is 9.33. The Morgan fingerprint density at radius 3 is 2.75 bits per heavy atom. The number of hydrogen-bond donors (Lipinski definition) is 2. The number of rotatable bonds is 2. The predicted molar refractivity (Wildman–Crippen MR) is 87.3 cm³/mol. The second-order valence-corrected chi connectivity index (χ2v) is 6.13. The average molecular weight is 299 g/mol. The molecule has 0 saturated carbocycles. The number of nitrogens with zero attached hydrogens (tertiary/aromatic N) is 1. The normalized spacial score (nSPS) is 12.6. The van der Waals surface area contributed by atoms with E-state index >= 15 is 0 Å². The highest BCUT2D eigenvalue weighted by Crippen LogP contribution is 2.38. The fourth-order valence-corrected chi connectivity index (χ4v) is 3.93. The molecule has 100 valence electrons. The molecule has 0 saturated heterocycles. The Kier molecular flexibility index (Phi) is 3.68. The van der Waals surface area contributed by atoms with Crippen molar-refractivity contribution in [2.24, 2.45) is 0 Å². The molecule has 0 atom stereocenters. The van der Waals surface area contributed by atoms with Crippen molar-refractivity contribution < 1.29 is 0 Å². The van der Waals surface area contributed by atoms with Gasteiger partial charge in [0.25, 0.3) is 0 Å². The van der Waals surface area contributed by atoms with Crippen LogP contribution in [0.15, 0.2) is 30.3 Å². The Balaban J connectivity index is 1.75. The predicted octanol–water partition coefficient (Wildman–Crippen LogP) is 3.92. The summed E-state index contributed by atoms with van der Waals surface area (Å²) in [5, 5.41) is 17.0. The highest BCUT2D eigenvalue weighted by Gasteiger charge is 2.22. The second-order valence-electron chi connectivity index (χ2n) is 4.62. The van der Waals surface area contributed by atoms with E-state index in [-0.39, 0.29) is 0 Å². The lowest BCUT2D eigenvalue weighted by molar-refractivity contribution is 0.914. The van der Waals surface area contributed by atoms with E-state index in [2.05, 4.69) is 16.7 Å². The van der Waals surface area contributed by atoms with Gasteiger partial charge in [0, 0.05) is 10.6 Å². The van der Waals surface area contributed by atoms with E-state index < -0.39 is 0 Å². The number of thiocarbonyl (C=S) groups is 1. The van der Waals surface area contributed by atoms with Crippen molar-refractivity contribution in [1.29, 1.82) is 5.26 Å². The van der Waals surface area contributed by atoms with Crippen LogP contribution in [0.3, 0.4) is 0 Å². The number of benzene rings is 1. The molecule has 0 bridgehead atoms. The molecule has 0 fully saturated rings. The van der Waals surface area contributed by atoms with Gasteiger partial charge in [0.1, 0.15) is 11.1 Å². The van der Waals surface area contributed by atoms with Crippen molar-refractivity contribution in [2.45, 2.75) is 19.3 Å². The summed E-state index contributed by atoms with van der Waals surface area (Å²) in [7, 11) is 0. The Morgan fingerprint density at radius 2 is 2.00 bits per heavy atom. The van der Waals surface area contributed by atoms with Crippen molar-refractivity contribution in [3.8, 4) is 6.07 Å². The molecule has 3 rings (SSSR count). The van der Waals surface area contributed by atoms with Crippen LogP contribution in [-0.4, -0.2) is 5.11 Å².